The molecule has 0 saturated carbocycles. The molecule has 2 rings (SSSR count). The topological polar surface area (TPSA) is 79.8 Å². The predicted octanol–water partition coefficient (Wildman–Crippen LogP) is 3.27. The highest BCUT2D eigenvalue weighted by Crippen LogP contribution is 2.28. The lowest BCUT2D eigenvalue weighted by Gasteiger charge is -2.24. The highest BCUT2D eigenvalue weighted by Gasteiger charge is 2.16. The zero-order valence-electron chi connectivity index (χ0n) is 17.0. The smallest absolute Gasteiger partial charge is 0.262 e. The highest BCUT2D eigenvalue weighted by molar-refractivity contribution is 5.91. The van der Waals surface area contributed by atoms with Gasteiger partial charge in [0.1, 0.15) is 0 Å². The number of anilines is 1. The Kier molecular flexibility index (Phi) is 7.84. The third-order valence-corrected chi connectivity index (χ3v) is 4.17. The molecule has 0 unspecified atom stereocenters. The van der Waals surface area contributed by atoms with E-state index in [1.807, 2.05) is 64.1 Å². The summed E-state index contributed by atoms with van der Waals surface area (Å²) in [5.74, 6) is 0.875. The van der Waals surface area contributed by atoms with Gasteiger partial charge in [0, 0.05) is 17.8 Å². The first-order valence-electron chi connectivity index (χ1n) is 9.44. The number of hydrogen-bond acceptors (Lipinski definition) is 5. The summed E-state index contributed by atoms with van der Waals surface area (Å²) in [6, 6.07) is 13.2. The average Bonchev–Trinajstić information content (AvgIpc) is 2.68. The summed E-state index contributed by atoms with van der Waals surface area (Å²) in [4.78, 5) is 12.1. The number of ether oxygens (including phenoxy) is 2. The van der Waals surface area contributed by atoms with Crippen molar-refractivity contribution in [2.45, 2.75) is 39.8 Å². The molecule has 28 heavy (non-hydrogen) atoms. The van der Waals surface area contributed by atoms with E-state index in [0.29, 0.717) is 24.7 Å². The number of aliphatic hydroxyl groups is 1. The van der Waals surface area contributed by atoms with Crippen LogP contribution < -0.4 is 20.1 Å². The molecule has 0 fully saturated rings. The average molecular weight is 386 g/mol. The van der Waals surface area contributed by atoms with Crippen molar-refractivity contribution in [2.75, 3.05) is 25.1 Å². The van der Waals surface area contributed by atoms with E-state index in [2.05, 4.69) is 10.6 Å². The Hall–Kier alpha value is -2.57. The molecular weight excluding hydrogens is 356 g/mol. The maximum absolute atomic E-state index is 12.1. The number of hydrogen-bond donors (Lipinski definition) is 3. The van der Waals surface area contributed by atoms with Crippen LogP contribution in [0.5, 0.6) is 11.5 Å². The molecule has 152 valence electrons. The van der Waals surface area contributed by atoms with Gasteiger partial charge in [0.05, 0.1) is 13.2 Å². The van der Waals surface area contributed by atoms with Crippen molar-refractivity contribution >= 4 is 11.6 Å². The summed E-state index contributed by atoms with van der Waals surface area (Å²) in [5.41, 5.74) is 2.50. The Morgan fingerprint density at radius 2 is 1.79 bits per heavy atom. The van der Waals surface area contributed by atoms with Crippen LogP contribution in [0.1, 0.15) is 31.9 Å². The molecule has 0 saturated heterocycles. The van der Waals surface area contributed by atoms with Crippen LogP contribution in [0.4, 0.5) is 5.69 Å². The second-order valence-electron chi connectivity index (χ2n) is 7.31. The van der Waals surface area contributed by atoms with Crippen LogP contribution in [0.15, 0.2) is 42.5 Å². The number of nitrogens with one attached hydrogen (secondary N) is 2. The molecule has 0 heterocycles. The van der Waals surface area contributed by atoms with Crippen molar-refractivity contribution in [3.05, 3.63) is 53.6 Å². The standard InChI is InChI=1S/C22H30N2O4/c1-5-27-20-12-17(13-23-22(3,4)15-25)8-11-19(20)28-14-21(26)24-18-9-6-16(2)7-10-18/h6-12,23,25H,5,13-15H2,1-4H3,(H,24,26). The molecule has 0 bridgehead atoms. The van der Waals surface area contributed by atoms with Gasteiger partial charge in [0.25, 0.3) is 5.91 Å². The zero-order chi connectivity index (χ0) is 20.6. The normalized spacial score (nSPS) is 11.2. The van der Waals surface area contributed by atoms with Crippen LogP contribution in [0.25, 0.3) is 0 Å². The van der Waals surface area contributed by atoms with Crippen LogP contribution in [0.2, 0.25) is 0 Å². The van der Waals surface area contributed by atoms with Gasteiger partial charge in [-0.2, -0.15) is 0 Å². The number of aliphatic hydroxyl groups excluding tert-OH is 1. The van der Waals surface area contributed by atoms with E-state index >= 15 is 0 Å². The van der Waals surface area contributed by atoms with Gasteiger partial charge in [-0.25, -0.2) is 0 Å². The molecule has 6 nitrogen and oxygen atoms in total. The van der Waals surface area contributed by atoms with Gasteiger partial charge in [-0.15, -0.1) is 0 Å². The summed E-state index contributed by atoms with van der Waals surface area (Å²) in [7, 11) is 0. The molecule has 0 radical (unpaired) electrons. The van der Waals surface area contributed by atoms with Gasteiger partial charge >= 0.3 is 0 Å². The number of carbonyl (C=O) groups is 1. The number of aryl methyl sites for hydroxylation is 1. The molecule has 0 atom stereocenters. The number of benzene rings is 2. The minimum atomic E-state index is -0.366. The Labute approximate surface area is 166 Å². The zero-order valence-corrected chi connectivity index (χ0v) is 17.0. The third-order valence-electron chi connectivity index (χ3n) is 4.17. The molecule has 3 N–H and O–H groups in total. The van der Waals surface area contributed by atoms with Crippen LogP contribution >= 0.6 is 0 Å². The minimum absolute atomic E-state index is 0.0443. The third kappa shape index (κ3) is 6.87. The van der Waals surface area contributed by atoms with Gasteiger partial charge < -0.3 is 25.2 Å². The van der Waals surface area contributed by atoms with Crippen molar-refractivity contribution in [3.8, 4) is 11.5 Å². The first-order chi connectivity index (χ1) is 13.3. The monoisotopic (exact) mass is 386 g/mol. The lowest BCUT2D eigenvalue weighted by Crippen LogP contribution is -2.42. The number of carbonyl (C=O) groups excluding carboxylic acids is 1. The van der Waals surface area contributed by atoms with Gasteiger partial charge in [-0.3, -0.25) is 4.79 Å². The molecule has 0 spiro atoms. The van der Waals surface area contributed by atoms with Crippen molar-refractivity contribution in [3.63, 3.8) is 0 Å². The summed E-state index contributed by atoms with van der Waals surface area (Å²) in [6.45, 7) is 8.77. The molecular formula is C22H30N2O4. The fraction of sp³-hybridized carbons (Fsp3) is 0.409. The Morgan fingerprint density at radius 3 is 2.43 bits per heavy atom. The molecule has 0 aromatic heterocycles. The van der Waals surface area contributed by atoms with Gasteiger partial charge in [0.2, 0.25) is 0 Å². The van der Waals surface area contributed by atoms with Crippen molar-refractivity contribution in [1.82, 2.24) is 5.32 Å². The Balaban J connectivity index is 1.97. The fourth-order valence-corrected chi connectivity index (χ4v) is 2.42. The molecule has 2 aromatic rings. The minimum Gasteiger partial charge on any atom is -0.490 e. The Bertz CT molecular complexity index is 773. The molecule has 1 amide bonds. The molecule has 2 aromatic carbocycles. The van der Waals surface area contributed by atoms with E-state index in [4.69, 9.17) is 9.47 Å². The molecule has 0 aliphatic rings. The number of rotatable bonds is 10. The van der Waals surface area contributed by atoms with E-state index in [1.165, 1.54) is 0 Å². The van der Waals surface area contributed by atoms with E-state index in [1.54, 1.807) is 6.07 Å². The van der Waals surface area contributed by atoms with Crippen molar-refractivity contribution in [2.24, 2.45) is 0 Å². The first-order valence-corrected chi connectivity index (χ1v) is 9.44. The second-order valence-corrected chi connectivity index (χ2v) is 7.31. The van der Waals surface area contributed by atoms with E-state index in [-0.39, 0.29) is 24.7 Å². The van der Waals surface area contributed by atoms with E-state index < -0.39 is 0 Å². The van der Waals surface area contributed by atoms with Crippen molar-refractivity contribution < 1.29 is 19.4 Å². The molecule has 0 aliphatic heterocycles. The maximum atomic E-state index is 12.1. The van der Waals surface area contributed by atoms with Gasteiger partial charge in [0.15, 0.2) is 18.1 Å². The summed E-state index contributed by atoms with van der Waals surface area (Å²) < 4.78 is 11.3. The highest BCUT2D eigenvalue weighted by atomic mass is 16.5. The fourth-order valence-electron chi connectivity index (χ4n) is 2.42. The summed E-state index contributed by atoms with van der Waals surface area (Å²) in [6.07, 6.45) is 0. The lowest BCUT2D eigenvalue weighted by molar-refractivity contribution is -0.118. The van der Waals surface area contributed by atoms with Crippen LogP contribution in [0.3, 0.4) is 0 Å². The second kappa shape index (κ2) is 10.1. The van der Waals surface area contributed by atoms with Gasteiger partial charge in [-0.1, -0.05) is 23.8 Å². The van der Waals surface area contributed by atoms with Gasteiger partial charge in [-0.05, 0) is 57.5 Å². The number of amides is 1. The summed E-state index contributed by atoms with van der Waals surface area (Å²) in [5, 5.41) is 15.4. The van der Waals surface area contributed by atoms with Crippen LogP contribution in [-0.2, 0) is 11.3 Å². The maximum Gasteiger partial charge on any atom is 0.262 e. The van der Waals surface area contributed by atoms with Crippen molar-refractivity contribution in [1.29, 1.82) is 0 Å². The first kappa shape index (κ1) is 21.7. The Morgan fingerprint density at radius 1 is 1.07 bits per heavy atom. The largest absolute Gasteiger partial charge is 0.490 e. The van der Waals surface area contributed by atoms with Crippen LogP contribution in [0, 0.1) is 6.92 Å². The quantitative estimate of drug-likeness (QED) is 0.584. The summed E-state index contributed by atoms with van der Waals surface area (Å²) >= 11 is 0. The van der Waals surface area contributed by atoms with Crippen LogP contribution in [-0.4, -0.2) is 36.4 Å². The van der Waals surface area contributed by atoms with E-state index in [0.717, 1.165) is 16.8 Å². The SMILES string of the molecule is CCOc1cc(CNC(C)(C)CO)ccc1OCC(=O)Nc1ccc(C)cc1. The molecule has 0 aliphatic carbocycles. The van der Waals surface area contributed by atoms with E-state index in [9.17, 15) is 9.90 Å². The lowest BCUT2D eigenvalue weighted by atomic mass is 10.1. The molecule has 6 heteroatoms. The predicted molar refractivity (Wildman–Crippen MR) is 111 cm³/mol.